The van der Waals surface area contributed by atoms with Gasteiger partial charge in [-0.3, -0.25) is 0 Å². The van der Waals surface area contributed by atoms with Gasteiger partial charge in [0.25, 0.3) is 0 Å². The lowest BCUT2D eigenvalue weighted by Gasteiger charge is -2.09. The van der Waals surface area contributed by atoms with Crippen molar-refractivity contribution in [3.8, 4) is 0 Å². The molecule has 25 heavy (non-hydrogen) atoms. The topological polar surface area (TPSA) is 126 Å². The SMILES string of the molecule is CNS(=O)(=O)c1cccc(S(=O)(=O)c2cccc(S(=O)(=O)NC)c2)c1. The number of sulfone groups is 1. The van der Waals surface area contributed by atoms with Crippen LogP contribution in [0.1, 0.15) is 0 Å². The fourth-order valence-corrected chi connectivity index (χ4v) is 5.04. The molecule has 136 valence electrons. The summed E-state index contributed by atoms with van der Waals surface area (Å²) in [4.78, 5) is -0.948. The van der Waals surface area contributed by atoms with Crippen LogP contribution in [0.15, 0.2) is 68.1 Å². The zero-order valence-corrected chi connectivity index (χ0v) is 15.7. The third kappa shape index (κ3) is 3.90. The zero-order valence-electron chi connectivity index (χ0n) is 13.3. The van der Waals surface area contributed by atoms with Crippen LogP contribution in [-0.2, 0) is 29.9 Å². The highest BCUT2D eigenvalue weighted by molar-refractivity contribution is 7.92. The van der Waals surface area contributed by atoms with Gasteiger partial charge in [0.2, 0.25) is 29.9 Å². The summed E-state index contributed by atoms with van der Waals surface area (Å²) >= 11 is 0. The Morgan fingerprint density at radius 3 is 1.24 bits per heavy atom. The van der Waals surface area contributed by atoms with Crippen molar-refractivity contribution in [2.45, 2.75) is 19.6 Å². The predicted molar refractivity (Wildman–Crippen MR) is 90.8 cm³/mol. The van der Waals surface area contributed by atoms with E-state index in [0.29, 0.717) is 0 Å². The molecule has 11 heteroatoms. The van der Waals surface area contributed by atoms with Crippen molar-refractivity contribution in [1.82, 2.24) is 9.44 Å². The van der Waals surface area contributed by atoms with E-state index >= 15 is 0 Å². The first-order chi connectivity index (χ1) is 11.5. The molecule has 0 aliphatic rings. The smallest absolute Gasteiger partial charge is 0.219 e. The first kappa shape index (κ1) is 19.5. The van der Waals surface area contributed by atoms with Crippen LogP contribution in [0.25, 0.3) is 0 Å². The minimum absolute atomic E-state index is 0.213. The average molecular weight is 404 g/mol. The summed E-state index contributed by atoms with van der Waals surface area (Å²) in [5.74, 6) is 0. The molecule has 0 atom stereocenters. The summed E-state index contributed by atoms with van der Waals surface area (Å²) < 4.78 is 77.1. The first-order valence-corrected chi connectivity index (χ1v) is 11.3. The molecule has 2 aromatic rings. The summed E-state index contributed by atoms with van der Waals surface area (Å²) in [6, 6.07) is 9.61. The van der Waals surface area contributed by atoms with E-state index in [4.69, 9.17) is 0 Å². The highest BCUT2D eigenvalue weighted by Gasteiger charge is 2.22. The van der Waals surface area contributed by atoms with E-state index in [-0.39, 0.29) is 19.6 Å². The van der Waals surface area contributed by atoms with Crippen LogP contribution in [0.4, 0.5) is 0 Å². The maximum atomic E-state index is 12.7. The Morgan fingerprint density at radius 2 is 0.920 bits per heavy atom. The quantitative estimate of drug-likeness (QED) is 0.715. The number of nitrogens with one attached hydrogen (secondary N) is 2. The second-order valence-electron chi connectivity index (χ2n) is 4.87. The minimum atomic E-state index is -4.11. The Labute approximate surface area is 146 Å². The summed E-state index contributed by atoms with van der Waals surface area (Å²) in [5, 5.41) is 0. The Hall–Kier alpha value is -1.79. The zero-order chi connectivity index (χ0) is 18.9. The van der Waals surface area contributed by atoms with Gasteiger partial charge in [-0.15, -0.1) is 0 Å². The molecule has 2 aromatic carbocycles. The van der Waals surface area contributed by atoms with Crippen LogP contribution >= 0.6 is 0 Å². The molecule has 8 nitrogen and oxygen atoms in total. The summed E-state index contributed by atoms with van der Waals surface area (Å²) in [5.41, 5.74) is 0. The van der Waals surface area contributed by atoms with Crippen molar-refractivity contribution >= 4 is 29.9 Å². The van der Waals surface area contributed by atoms with Gasteiger partial charge in [-0.25, -0.2) is 34.7 Å². The van der Waals surface area contributed by atoms with E-state index in [1.807, 2.05) is 0 Å². The number of benzene rings is 2. The largest absolute Gasteiger partial charge is 0.240 e. The molecule has 0 aliphatic heterocycles. The fourth-order valence-electron chi connectivity index (χ4n) is 1.99. The molecule has 0 saturated heterocycles. The molecule has 0 bridgehead atoms. The third-order valence-electron chi connectivity index (χ3n) is 3.39. The Morgan fingerprint density at radius 1 is 0.600 bits per heavy atom. The number of hydrogen-bond donors (Lipinski definition) is 2. The molecule has 0 fully saturated rings. The van der Waals surface area contributed by atoms with Crippen LogP contribution < -0.4 is 9.44 Å². The van der Waals surface area contributed by atoms with E-state index in [0.717, 1.165) is 12.1 Å². The van der Waals surface area contributed by atoms with Gasteiger partial charge in [0.1, 0.15) is 0 Å². The molecule has 2 rings (SSSR count). The lowest BCUT2D eigenvalue weighted by atomic mass is 10.4. The molecule has 0 radical (unpaired) electrons. The third-order valence-corrected chi connectivity index (χ3v) is 7.96. The number of hydrogen-bond acceptors (Lipinski definition) is 6. The summed E-state index contributed by atoms with van der Waals surface area (Å²) in [6.45, 7) is 0. The molecule has 2 N–H and O–H groups in total. The molecule has 0 saturated carbocycles. The maximum Gasteiger partial charge on any atom is 0.240 e. The van der Waals surface area contributed by atoms with Gasteiger partial charge in [0, 0.05) is 0 Å². The predicted octanol–water partition coefficient (Wildman–Crippen LogP) is 0.336. The molecular weight excluding hydrogens is 388 g/mol. The monoisotopic (exact) mass is 404 g/mol. The van der Waals surface area contributed by atoms with Gasteiger partial charge in [0.05, 0.1) is 19.6 Å². The normalized spacial score (nSPS) is 12.9. The van der Waals surface area contributed by atoms with Crippen molar-refractivity contribution in [3.63, 3.8) is 0 Å². The van der Waals surface area contributed by atoms with E-state index in [1.54, 1.807) is 0 Å². The number of sulfonamides is 2. The van der Waals surface area contributed by atoms with Gasteiger partial charge < -0.3 is 0 Å². The van der Waals surface area contributed by atoms with E-state index in [1.165, 1.54) is 50.5 Å². The van der Waals surface area contributed by atoms with Gasteiger partial charge in [-0.1, -0.05) is 12.1 Å². The minimum Gasteiger partial charge on any atom is -0.219 e. The van der Waals surface area contributed by atoms with Gasteiger partial charge >= 0.3 is 0 Å². The van der Waals surface area contributed by atoms with Crippen molar-refractivity contribution in [1.29, 1.82) is 0 Å². The molecule has 0 aromatic heterocycles. The maximum absolute atomic E-state index is 12.7. The molecule has 0 amide bonds. The number of rotatable bonds is 6. The van der Waals surface area contributed by atoms with Gasteiger partial charge in [-0.2, -0.15) is 0 Å². The highest BCUT2D eigenvalue weighted by atomic mass is 32.2. The van der Waals surface area contributed by atoms with Crippen LogP contribution in [-0.4, -0.2) is 39.3 Å². The lowest BCUT2D eigenvalue weighted by Crippen LogP contribution is -2.19. The van der Waals surface area contributed by atoms with Crippen LogP contribution in [0, 0.1) is 0 Å². The first-order valence-electron chi connectivity index (χ1n) is 6.87. The van der Waals surface area contributed by atoms with E-state index < -0.39 is 29.9 Å². The standard InChI is InChI=1S/C14H16N2O6S3/c1-15-24(19,20)13-7-3-5-11(9-13)23(17,18)12-6-4-8-14(10-12)25(21,22)16-2/h3-10,15-16H,1-2H3. The molecule has 0 spiro atoms. The second kappa shape index (κ2) is 6.84. The molecular formula is C14H16N2O6S3. The molecule has 0 heterocycles. The van der Waals surface area contributed by atoms with Crippen LogP contribution in [0.2, 0.25) is 0 Å². The Balaban J connectivity index is 2.61. The highest BCUT2D eigenvalue weighted by Crippen LogP contribution is 2.25. The van der Waals surface area contributed by atoms with E-state index in [9.17, 15) is 25.3 Å². The van der Waals surface area contributed by atoms with Crippen LogP contribution in [0.5, 0.6) is 0 Å². The van der Waals surface area contributed by atoms with Gasteiger partial charge in [0.15, 0.2) is 0 Å². The average Bonchev–Trinajstić information content (AvgIpc) is 2.62. The van der Waals surface area contributed by atoms with Crippen molar-refractivity contribution in [2.24, 2.45) is 0 Å². The summed E-state index contributed by atoms with van der Waals surface area (Å²) in [7, 11) is -9.32. The van der Waals surface area contributed by atoms with E-state index in [2.05, 4.69) is 9.44 Å². The van der Waals surface area contributed by atoms with Crippen molar-refractivity contribution < 1.29 is 25.3 Å². The van der Waals surface area contributed by atoms with Gasteiger partial charge in [-0.05, 0) is 50.5 Å². The van der Waals surface area contributed by atoms with Crippen molar-refractivity contribution in [3.05, 3.63) is 48.5 Å². The lowest BCUT2D eigenvalue weighted by molar-refractivity contribution is 0.586. The summed E-state index contributed by atoms with van der Waals surface area (Å²) in [6.07, 6.45) is 0. The second-order valence-corrected chi connectivity index (χ2v) is 10.6. The molecule has 0 aliphatic carbocycles. The Bertz CT molecular complexity index is 1020. The van der Waals surface area contributed by atoms with Crippen molar-refractivity contribution in [2.75, 3.05) is 14.1 Å². The molecule has 0 unspecified atom stereocenters. The Kier molecular flexibility index (Phi) is 5.35. The fraction of sp³-hybridized carbons (Fsp3) is 0.143. The van der Waals surface area contributed by atoms with Crippen LogP contribution in [0.3, 0.4) is 0 Å².